The van der Waals surface area contributed by atoms with E-state index in [4.69, 9.17) is 15.6 Å². The number of para-hydroxylation sites is 2. The largest absolute Gasteiger partial charge is 0.480 e. The molecule has 0 radical (unpaired) electrons. The van der Waals surface area contributed by atoms with Crippen molar-refractivity contribution in [2.45, 2.75) is 6.04 Å². The zero-order valence-electron chi connectivity index (χ0n) is 9.61. The van der Waals surface area contributed by atoms with Crippen molar-refractivity contribution in [3.63, 3.8) is 0 Å². The fourth-order valence-electron chi connectivity index (χ4n) is 1.58. The molecule has 0 spiro atoms. The first-order chi connectivity index (χ1) is 8.68. The van der Waals surface area contributed by atoms with Crippen LogP contribution in [0.3, 0.4) is 0 Å². The third-order valence-electron chi connectivity index (χ3n) is 2.49. The molecule has 2 aromatic carbocycles. The molecule has 92 valence electrons. The molecule has 4 heteroatoms. The summed E-state index contributed by atoms with van der Waals surface area (Å²) in [4.78, 5) is 10.9. The van der Waals surface area contributed by atoms with Crippen LogP contribution in [-0.2, 0) is 4.79 Å². The lowest BCUT2D eigenvalue weighted by atomic mass is 10.1. The second-order valence-electron chi connectivity index (χ2n) is 3.77. The highest BCUT2D eigenvalue weighted by Crippen LogP contribution is 2.28. The molecule has 0 aromatic heterocycles. The van der Waals surface area contributed by atoms with Gasteiger partial charge in [0.05, 0.1) is 0 Å². The van der Waals surface area contributed by atoms with Gasteiger partial charge >= 0.3 is 5.97 Å². The normalized spacial score (nSPS) is 11.8. The van der Waals surface area contributed by atoms with Gasteiger partial charge < -0.3 is 15.6 Å². The maximum Gasteiger partial charge on any atom is 0.325 e. The summed E-state index contributed by atoms with van der Waals surface area (Å²) in [5, 5.41) is 8.95. The van der Waals surface area contributed by atoms with Crippen molar-refractivity contribution >= 4 is 5.97 Å². The van der Waals surface area contributed by atoms with Crippen LogP contribution in [0.5, 0.6) is 11.5 Å². The van der Waals surface area contributed by atoms with Gasteiger partial charge in [-0.3, -0.25) is 4.79 Å². The maximum absolute atomic E-state index is 10.9. The lowest BCUT2D eigenvalue weighted by Crippen LogP contribution is -2.21. The van der Waals surface area contributed by atoms with Gasteiger partial charge in [-0.15, -0.1) is 0 Å². The minimum atomic E-state index is -1.09. The molecule has 0 aliphatic carbocycles. The fourth-order valence-corrected chi connectivity index (χ4v) is 1.58. The maximum atomic E-state index is 10.9. The number of hydrogen-bond acceptors (Lipinski definition) is 3. The summed E-state index contributed by atoms with van der Waals surface area (Å²) in [6.07, 6.45) is 0. The minimum absolute atomic E-state index is 0.453. The first-order valence-corrected chi connectivity index (χ1v) is 5.48. The van der Waals surface area contributed by atoms with Crippen molar-refractivity contribution in [2.75, 3.05) is 0 Å². The Morgan fingerprint density at radius 2 is 1.67 bits per heavy atom. The summed E-state index contributed by atoms with van der Waals surface area (Å²) in [5.41, 5.74) is 6.07. The van der Waals surface area contributed by atoms with Crippen LogP contribution >= 0.6 is 0 Å². The Morgan fingerprint density at radius 1 is 1.06 bits per heavy atom. The standard InChI is InChI=1S/C14H13NO3/c15-13(14(16)17)11-8-4-5-9-12(11)18-10-6-2-1-3-7-10/h1-9,13H,15H2,(H,16,17)/t13-/m0/s1. The molecule has 2 rings (SSSR count). The Bertz CT molecular complexity index is 540. The molecule has 18 heavy (non-hydrogen) atoms. The lowest BCUT2D eigenvalue weighted by molar-refractivity contribution is -0.138. The number of ether oxygens (including phenoxy) is 1. The molecular weight excluding hydrogens is 230 g/mol. The van der Waals surface area contributed by atoms with E-state index in [1.807, 2.05) is 18.2 Å². The van der Waals surface area contributed by atoms with E-state index in [1.54, 1.807) is 36.4 Å². The first-order valence-electron chi connectivity index (χ1n) is 5.48. The van der Waals surface area contributed by atoms with Gasteiger partial charge in [0.2, 0.25) is 0 Å². The second kappa shape index (κ2) is 5.33. The zero-order chi connectivity index (χ0) is 13.0. The van der Waals surface area contributed by atoms with Gasteiger partial charge in [0.15, 0.2) is 0 Å². The van der Waals surface area contributed by atoms with Gasteiger partial charge in [-0.25, -0.2) is 0 Å². The van der Waals surface area contributed by atoms with Gasteiger partial charge in [-0.2, -0.15) is 0 Å². The summed E-state index contributed by atoms with van der Waals surface area (Å²) in [6, 6.07) is 14.9. The van der Waals surface area contributed by atoms with E-state index in [2.05, 4.69) is 0 Å². The number of rotatable bonds is 4. The van der Waals surface area contributed by atoms with E-state index >= 15 is 0 Å². The zero-order valence-corrected chi connectivity index (χ0v) is 9.61. The minimum Gasteiger partial charge on any atom is -0.480 e. The van der Waals surface area contributed by atoms with E-state index < -0.39 is 12.0 Å². The van der Waals surface area contributed by atoms with E-state index in [9.17, 15) is 4.79 Å². The number of hydrogen-bond donors (Lipinski definition) is 2. The molecule has 0 aliphatic heterocycles. The highest BCUT2D eigenvalue weighted by Gasteiger charge is 2.18. The van der Waals surface area contributed by atoms with Crippen LogP contribution in [0, 0.1) is 0 Å². The molecule has 4 nitrogen and oxygen atoms in total. The van der Waals surface area contributed by atoms with Crippen molar-refractivity contribution in [3.8, 4) is 11.5 Å². The monoisotopic (exact) mass is 243 g/mol. The SMILES string of the molecule is N[C@H](C(=O)O)c1ccccc1Oc1ccccc1. The summed E-state index contributed by atoms with van der Waals surface area (Å²) < 4.78 is 5.64. The van der Waals surface area contributed by atoms with Gasteiger partial charge in [0.25, 0.3) is 0 Å². The number of carboxylic acids is 1. The molecule has 3 N–H and O–H groups in total. The smallest absolute Gasteiger partial charge is 0.325 e. The Hall–Kier alpha value is -2.33. The van der Waals surface area contributed by atoms with Crippen molar-refractivity contribution in [1.29, 1.82) is 0 Å². The van der Waals surface area contributed by atoms with Crippen LogP contribution in [0.15, 0.2) is 54.6 Å². The van der Waals surface area contributed by atoms with Crippen LogP contribution in [-0.4, -0.2) is 11.1 Å². The molecule has 2 aromatic rings. The fraction of sp³-hybridized carbons (Fsp3) is 0.0714. The van der Waals surface area contributed by atoms with Gasteiger partial charge in [0.1, 0.15) is 17.5 Å². The Kier molecular flexibility index (Phi) is 3.60. The number of carbonyl (C=O) groups is 1. The van der Waals surface area contributed by atoms with E-state index in [0.717, 1.165) is 0 Å². The second-order valence-corrected chi connectivity index (χ2v) is 3.77. The summed E-state index contributed by atoms with van der Waals surface area (Å²) in [6.45, 7) is 0. The van der Waals surface area contributed by atoms with Crippen molar-refractivity contribution in [1.82, 2.24) is 0 Å². The van der Waals surface area contributed by atoms with Crippen molar-refractivity contribution in [3.05, 3.63) is 60.2 Å². The predicted molar refractivity (Wildman–Crippen MR) is 67.5 cm³/mol. The first kappa shape index (κ1) is 12.1. The molecule has 0 bridgehead atoms. The van der Waals surface area contributed by atoms with Crippen LogP contribution in [0.25, 0.3) is 0 Å². The Labute approximate surface area is 105 Å². The molecular formula is C14H13NO3. The number of nitrogens with two attached hydrogens (primary N) is 1. The predicted octanol–water partition coefficient (Wildman–Crippen LogP) is 2.56. The molecule has 0 unspecified atom stereocenters. The van der Waals surface area contributed by atoms with Crippen LogP contribution < -0.4 is 10.5 Å². The number of aliphatic carboxylic acids is 1. The van der Waals surface area contributed by atoms with Gasteiger partial charge in [-0.05, 0) is 18.2 Å². The van der Waals surface area contributed by atoms with Crippen LogP contribution in [0.2, 0.25) is 0 Å². The number of benzene rings is 2. The van der Waals surface area contributed by atoms with Crippen LogP contribution in [0.4, 0.5) is 0 Å². The molecule has 0 saturated heterocycles. The van der Waals surface area contributed by atoms with Gasteiger partial charge in [0, 0.05) is 5.56 Å². The highest BCUT2D eigenvalue weighted by molar-refractivity contribution is 5.76. The molecule has 0 heterocycles. The quantitative estimate of drug-likeness (QED) is 0.865. The van der Waals surface area contributed by atoms with E-state index in [-0.39, 0.29) is 0 Å². The topological polar surface area (TPSA) is 72.6 Å². The van der Waals surface area contributed by atoms with E-state index in [1.165, 1.54) is 0 Å². The molecule has 0 saturated carbocycles. The van der Waals surface area contributed by atoms with Crippen LogP contribution in [0.1, 0.15) is 11.6 Å². The Balaban J connectivity index is 2.31. The molecule has 0 amide bonds. The molecule has 0 fully saturated rings. The van der Waals surface area contributed by atoms with Crippen molar-refractivity contribution < 1.29 is 14.6 Å². The molecule has 0 aliphatic rings. The third-order valence-corrected chi connectivity index (χ3v) is 2.49. The average molecular weight is 243 g/mol. The number of carboxylic acid groups (broad SMARTS) is 1. The summed E-state index contributed by atoms with van der Waals surface area (Å²) in [7, 11) is 0. The van der Waals surface area contributed by atoms with E-state index in [0.29, 0.717) is 17.1 Å². The summed E-state index contributed by atoms with van der Waals surface area (Å²) in [5.74, 6) is 0.0141. The third kappa shape index (κ3) is 2.67. The lowest BCUT2D eigenvalue weighted by Gasteiger charge is -2.13. The average Bonchev–Trinajstić information content (AvgIpc) is 2.39. The summed E-state index contributed by atoms with van der Waals surface area (Å²) >= 11 is 0. The Morgan fingerprint density at radius 3 is 2.33 bits per heavy atom. The van der Waals surface area contributed by atoms with Crippen molar-refractivity contribution in [2.24, 2.45) is 5.73 Å². The van der Waals surface area contributed by atoms with Gasteiger partial charge in [-0.1, -0.05) is 36.4 Å². The highest BCUT2D eigenvalue weighted by atomic mass is 16.5. The molecule has 1 atom stereocenters.